The number of hydrogen-bond donors (Lipinski definition) is 1. The Bertz CT molecular complexity index is 3100. The Morgan fingerprint density at radius 1 is 0.491 bits per heavy atom. The number of phenolic OH excluding ortho intramolecular Hbond substituents is 1. The lowest BCUT2D eigenvalue weighted by atomic mass is 9.85. The minimum absolute atomic E-state index is 0.0655. The van der Waals surface area contributed by atoms with Crippen molar-refractivity contribution in [2.45, 2.75) is 26.2 Å². The zero-order valence-electron chi connectivity index (χ0n) is 32.1. The van der Waals surface area contributed by atoms with E-state index in [0.29, 0.717) is 11.4 Å². The van der Waals surface area contributed by atoms with Crippen LogP contribution in [0.4, 0.5) is 0 Å². The number of aromatic nitrogens is 4. The first-order valence-corrected chi connectivity index (χ1v) is 19.4. The number of para-hydroxylation sites is 3. The van der Waals surface area contributed by atoms with E-state index in [1.54, 1.807) is 0 Å². The minimum atomic E-state index is -0.0655. The molecule has 0 saturated heterocycles. The van der Waals surface area contributed by atoms with Gasteiger partial charge in [0.15, 0.2) is 0 Å². The fourth-order valence-electron chi connectivity index (χ4n) is 8.22. The predicted molar refractivity (Wildman–Crippen MR) is 235 cm³/mol. The Morgan fingerprint density at radius 2 is 1.19 bits per heavy atom. The zero-order valence-corrected chi connectivity index (χ0v) is 32.1. The minimum Gasteiger partial charge on any atom is -0.507 e. The van der Waals surface area contributed by atoms with Gasteiger partial charge in [-0.3, -0.25) is 9.55 Å². The van der Waals surface area contributed by atoms with Gasteiger partial charge < -0.3 is 9.67 Å². The highest BCUT2D eigenvalue weighted by atomic mass is 16.3. The summed E-state index contributed by atoms with van der Waals surface area (Å²) in [4.78, 5) is 10.2. The van der Waals surface area contributed by atoms with Crippen molar-refractivity contribution in [3.8, 4) is 62.0 Å². The standard InChI is InChI=1S/C52H40N4O/c1-52(2,3)37-27-28-46(41(31-37)34-16-6-4-7-17-34)56-47-26-15-23-39(35-18-14-19-36(30-35)44-24-12-13-29-53-44)50(47)54-51(56)43-32-42-40-22-10-11-25-45(40)55(48(42)33-49(43)57)38-20-8-5-9-21-38/h4-33,57H,1-3H3. The zero-order chi connectivity index (χ0) is 38.7. The van der Waals surface area contributed by atoms with E-state index in [0.717, 1.165) is 77.7 Å². The van der Waals surface area contributed by atoms with Crippen molar-refractivity contribution < 1.29 is 5.11 Å². The van der Waals surface area contributed by atoms with Crippen LogP contribution in [0.25, 0.3) is 89.1 Å². The lowest BCUT2D eigenvalue weighted by Crippen LogP contribution is -2.12. The molecule has 0 fully saturated rings. The van der Waals surface area contributed by atoms with Crippen molar-refractivity contribution in [1.82, 2.24) is 19.1 Å². The summed E-state index contributed by atoms with van der Waals surface area (Å²) in [6.07, 6.45) is 1.83. The third-order valence-corrected chi connectivity index (χ3v) is 11.1. The van der Waals surface area contributed by atoms with Crippen LogP contribution >= 0.6 is 0 Å². The molecular weight excluding hydrogens is 697 g/mol. The molecule has 0 spiro atoms. The third kappa shape index (κ3) is 5.87. The lowest BCUT2D eigenvalue weighted by molar-refractivity contribution is 0.477. The maximum Gasteiger partial charge on any atom is 0.149 e. The molecule has 0 aliphatic carbocycles. The topological polar surface area (TPSA) is 55.9 Å². The van der Waals surface area contributed by atoms with Gasteiger partial charge in [0.05, 0.1) is 39.0 Å². The summed E-state index contributed by atoms with van der Waals surface area (Å²) in [6, 6.07) is 61.0. The Balaban J connectivity index is 1.29. The summed E-state index contributed by atoms with van der Waals surface area (Å²) in [6.45, 7) is 6.75. The number of fused-ring (bicyclic) bond motifs is 4. The molecule has 5 heteroatoms. The normalized spacial score (nSPS) is 11.8. The Labute approximate surface area is 331 Å². The van der Waals surface area contributed by atoms with Crippen molar-refractivity contribution in [2.24, 2.45) is 0 Å². The molecule has 0 bridgehead atoms. The van der Waals surface area contributed by atoms with E-state index in [1.165, 1.54) is 5.56 Å². The van der Waals surface area contributed by atoms with E-state index in [-0.39, 0.29) is 11.2 Å². The summed E-state index contributed by atoms with van der Waals surface area (Å²) >= 11 is 0. The summed E-state index contributed by atoms with van der Waals surface area (Å²) in [5.41, 5.74) is 13.8. The second kappa shape index (κ2) is 13.5. The third-order valence-electron chi connectivity index (χ3n) is 11.1. The summed E-state index contributed by atoms with van der Waals surface area (Å²) in [5, 5.41) is 14.4. The second-order valence-corrected chi connectivity index (χ2v) is 15.7. The van der Waals surface area contributed by atoms with Gasteiger partial charge in [-0.15, -0.1) is 0 Å². The number of pyridine rings is 1. The van der Waals surface area contributed by atoms with Crippen LogP contribution in [0.2, 0.25) is 0 Å². The number of nitrogens with zero attached hydrogens (tertiary/aromatic N) is 4. The van der Waals surface area contributed by atoms with E-state index in [9.17, 15) is 5.11 Å². The fraction of sp³-hybridized carbons (Fsp3) is 0.0769. The molecule has 3 heterocycles. The van der Waals surface area contributed by atoms with E-state index >= 15 is 0 Å². The maximum atomic E-state index is 12.3. The quantitative estimate of drug-likeness (QED) is 0.185. The number of benzene rings is 7. The average Bonchev–Trinajstić information content (AvgIpc) is 3.79. The SMILES string of the molecule is CC(C)(C)c1ccc(-n2c(-c3cc4c5ccccc5n(-c5ccccc5)c4cc3O)nc3c(-c4cccc(-c5ccccn5)c4)cccc32)c(-c2ccccc2)c1. The summed E-state index contributed by atoms with van der Waals surface area (Å²) < 4.78 is 4.47. The molecule has 0 saturated carbocycles. The largest absolute Gasteiger partial charge is 0.507 e. The molecule has 1 N–H and O–H groups in total. The van der Waals surface area contributed by atoms with E-state index in [4.69, 9.17) is 4.98 Å². The van der Waals surface area contributed by atoms with Gasteiger partial charge >= 0.3 is 0 Å². The maximum absolute atomic E-state index is 12.3. The molecule has 57 heavy (non-hydrogen) atoms. The number of rotatable bonds is 6. The average molecular weight is 737 g/mol. The van der Waals surface area contributed by atoms with E-state index in [1.807, 2.05) is 48.7 Å². The molecule has 7 aromatic carbocycles. The van der Waals surface area contributed by atoms with Gasteiger partial charge in [-0.2, -0.15) is 0 Å². The Kier molecular flexibility index (Phi) is 8.12. The lowest BCUT2D eigenvalue weighted by Gasteiger charge is -2.23. The number of hydrogen-bond acceptors (Lipinski definition) is 3. The van der Waals surface area contributed by atoms with Crippen molar-refractivity contribution in [2.75, 3.05) is 0 Å². The molecule has 274 valence electrons. The Morgan fingerprint density at radius 3 is 1.98 bits per heavy atom. The van der Waals surface area contributed by atoms with Gasteiger partial charge in [-0.05, 0) is 82.8 Å². The van der Waals surface area contributed by atoms with Crippen LogP contribution in [0, 0.1) is 0 Å². The molecule has 0 aliphatic heterocycles. The van der Waals surface area contributed by atoms with Crippen LogP contribution in [0.3, 0.4) is 0 Å². The molecule has 10 aromatic rings. The first-order valence-electron chi connectivity index (χ1n) is 19.4. The van der Waals surface area contributed by atoms with Crippen LogP contribution in [-0.2, 0) is 5.41 Å². The molecule has 0 atom stereocenters. The first kappa shape index (κ1) is 34.3. The molecule has 0 radical (unpaired) electrons. The highest BCUT2D eigenvalue weighted by Crippen LogP contribution is 2.44. The van der Waals surface area contributed by atoms with Crippen LogP contribution in [-0.4, -0.2) is 24.2 Å². The highest BCUT2D eigenvalue weighted by molar-refractivity contribution is 6.11. The van der Waals surface area contributed by atoms with Crippen LogP contribution in [0.5, 0.6) is 5.75 Å². The molecule has 5 nitrogen and oxygen atoms in total. The first-order chi connectivity index (χ1) is 27.8. The van der Waals surface area contributed by atoms with E-state index in [2.05, 4.69) is 168 Å². The molecule has 0 unspecified atom stereocenters. The molecule has 10 rings (SSSR count). The fourth-order valence-corrected chi connectivity index (χ4v) is 8.22. The molecule has 0 amide bonds. The summed E-state index contributed by atoms with van der Waals surface area (Å²) in [5.74, 6) is 0.820. The van der Waals surface area contributed by atoms with Crippen LogP contribution in [0.1, 0.15) is 26.3 Å². The van der Waals surface area contributed by atoms with Gasteiger partial charge in [0.2, 0.25) is 0 Å². The van der Waals surface area contributed by atoms with Crippen molar-refractivity contribution in [3.63, 3.8) is 0 Å². The van der Waals surface area contributed by atoms with Gasteiger partial charge in [0.1, 0.15) is 11.6 Å². The monoisotopic (exact) mass is 736 g/mol. The summed E-state index contributed by atoms with van der Waals surface area (Å²) in [7, 11) is 0. The van der Waals surface area contributed by atoms with Gasteiger partial charge in [0, 0.05) is 45.4 Å². The molecule has 0 aliphatic rings. The van der Waals surface area contributed by atoms with Gasteiger partial charge in [0.25, 0.3) is 0 Å². The molecule has 3 aromatic heterocycles. The van der Waals surface area contributed by atoms with Crippen molar-refractivity contribution >= 4 is 32.8 Å². The van der Waals surface area contributed by atoms with E-state index < -0.39 is 0 Å². The number of aromatic hydroxyl groups is 1. The Hall–Kier alpha value is -7.24. The predicted octanol–water partition coefficient (Wildman–Crippen LogP) is 13.2. The highest BCUT2D eigenvalue weighted by Gasteiger charge is 2.25. The van der Waals surface area contributed by atoms with Gasteiger partial charge in [-0.1, -0.05) is 130 Å². The van der Waals surface area contributed by atoms with Crippen LogP contribution < -0.4 is 0 Å². The van der Waals surface area contributed by atoms with Gasteiger partial charge in [-0.25, -0.2) is 4.98 Å². The number of phenols is 1. The number of imidazole rings is 1. The second-order valence-electron chi connectivity index (χ2n) is 15.7. The molecular formula is C52H40N4O. The van der Waals surface area contributed by atoms with Crippen molar-refractivity contribution in [3.05, 3.63) is 188 Å². The van der Waals surface area contributed by atoms with Crippen LogP contribution in [0.15, 0.2) is 182 Å². The smallest absolute Gasteiger partial charge is 0.149 e. The van der Waals surface area contributed by atoms with Crippen molar-refractivity contribution in [1.29, 1.82) is 0 Å².